The largest absolute Gasteiger partial charge is 0.481 e. The number of amides is 1. The molecule has 1 aromatic carbocycles. The molecule has 1 aliphatic heterocycles. The van der Waals surface area contributed by atoms with Crippen LogP contribution in [0.2, 0.25) is 0 Å². The third-order valence-electron chi connectivity index (χ3n) is 4.26. The Morgan fingerprint density at radius 2 is 1.87 bits per heavy atom. The minimum atomic E-state index is -0.758. The molecule has 1 fully saturated rings. The summed E-state index contributed by atoms with van der Waals surface area (Å²) in [5, 5.41) is 13.2. The highest BCUT2D eigenvalue weighted by molar-refractivity contribution is 5.79. The van der Waals surface area contributed by atoms with Crippen LogP contribution in [0.4, 0.5) is 0 Å². The molecule has 1 aromatic heterocycles. The van der Waals surface area contributed by atoms with Crippen LogP contribution in [-0.2, 0) is 16.0 Å². The fourth-order valence-corrected chi connectivity index (χ4v) is 2.85. The van der Waals surface area contributed by atoms with Crippen LogP contribution in [0.25, 0.3) is 5.69 Å². The molecule has 0 radical (unpaired) electrons. The van der Waals surface area contributed by atoms with Crippen molar-refractivity contribution >= 4 is 11.9 Å². The fraction of sp³-hybridized carbons (Fsp3) is 0.353. The van der Waals surface area contributed by atoms with Gasteiger partial charge in [-0.25, -0.2) is 4.68 Å². The number of hydrogen-bond donors (Lipinski definition) is 1. The highest BCUT2D eigenvalue weighted by Gasteiger charge is 2.26. The van der Waals surface area contributed by atoms with Gasteiger partial charge in [0, 0.05) is 25.5 Å². The van der Waals surface area contributed by atoms with Gasteiger partial charge < -0.3 is 10.0 Å². The molecule has 1 saturated heterocycles. The summed E-state index contributed by atoms with van der Waals surface area (Å²) in [5.41, 5.74) is 1.90. The number of carboxylic acids is 1. The predicted octanol–water partition coefficient (Wildman–Crippen LogP) is 1.74. The SMILES string of the molecule is O=C(O)C1CCN(C(=O)Cc2ccc(-n3cccn3)cc2)CC1. The van der Waals surface area contributed by atoms with Gasteiger partial charge in [-0.15, -0.1) is 0 Å². The van der Waals surface area contributed by atoms with Crippen LogP contribution < -0.4 is 0 Å². The van der Waals surface area contributed by atoms with Gasteiger partial charge in [-0.3, -0.25) is 9.59 Å². The molecular formula is C17H19N3O3. The number of benzene rings is 1. The first-order chi connectivity index (χ1) is 11.1. The van der Waals surface area contributed by atoms with Crippen molar-refractivity contribution in [3.05, 3.63) is 48.3 Å². The minimum Gasteiger partial charge on any atom is -0.481 e. The van der Waals surface area contributed by atoms with Crippen LogP contribution in [0.1, 0.15) is 18.4 Å². The van der Waals surface area contributed by atoms with Gasteiger partial charge in [0.25, 0.3) is 0 Å². The molecule has 6 heteroatoms. The molecule has 120 valence electrons. The minimum absolute atomic E-state index is 0.0562. The maximum Gasteiger partial charge on any atom is 0.306 e. The molecule has 0 atom stereocenters. The van der Waals surface area contributed by atoms with Gasteiger partial charge in [0.15, 0.2) is 0 Å². The zero-order chi connectivity index (χ0) is 16.2. The lowest BCUT2D eigenvalue weighted by Crippen LogP contribution is -2.40. The first-order valence-electron chi connectivity index (χ1n) is 7.73. The maximum atomic E-state index is 12.3. The standard InChI is InChI=1S/C17H19N3O3/c21-16(19-10-6-14(7-11-19)17(22)23)12-13-2-4-15(5-3-13)20-9-1-8-18-20/h1-5,8-9,14H,6-7,10-12H2,(H,22,23). The number of carboxylic acid groups (broad SMARTS) is 1. The number of piperidine rings is 1. The second kappa shape index (κ2) is 6.64. The average Bonchev–Trinajstić information content (AvgIpc) is 3.10. The zero-order valence-electron chi connectivity index (χ0n) is 12.8. The first-order valence-corrected chi connectivity index (χ1v) is 7.73. The number of aromatic nitrogens is 2. The number of rotatable bonds is 4. The van der Waals surface area contributed by atoms with Crippen LogP contribution in [-0.4, -0.2) is 44.8 Å². The van der Waals surface area contributed by atoms with E-state index in [0.29, 0.717) is 32.4 Å². The van der Waals surface area contributed by atoms with Gasteiger partial charge in [-0.2, -0.15) is 5.10 Å². The van der Waals surface area contributed by atoms with E-state index >= 15 is 0 Å². The van der Waals surface area contributed by atoms with Crippen LogP contribution >= 0.6 is 0 Å². The van der Waals surface area contributed by atoms with E-state index in [1.165, 1.54) is 0 Å². The number of carbonyl (C=O) groups is 2. The number of likely N-dealkylation sites (tertiary alicyclic amines) is 1. The molecule has 1 N–H and O–H groups in total. The number of hydrogen-bond acceptors (Lipinski definition) is 3. The van der Waals surface area contributed by atoms with Gasteiger partial charge in [0.2, 0.25) is 5.91 Å². The Labute approximate surface area is 134 Å². The predicted molar refractivity (Wildman–Crippen MR) is 84.2 cm³/mol. The second-order valence-electron chi connectivity index (χ2n) is 5.79. The third kappa shape index (κ3) is 3.59. The van der Waals surface area contributed by atoms with Crippen LogP contribution in [0.5, 0.6) is 0 Å². The molecule has 1 aliphatic rings. The van der Waals surface area contributed by atoms with E-state index in [9.17, 15) is 9.59 Å². The van der Waals surface area contributed by atoms with Crippen molar-refractivity contribution in [2.45, 2.75) is 19.3 Å². The summed E-state index contributed by atoms with van der Waals surface area (Å²) in [6, 6.07) is 9.59. The molecular weight excluding hydrogens is 294 g/mol. The summed E-state index contributed by atoms with van der Waals surface area (Å²) in [6.45, 7) is 1.06. The van der Waals surface area contributed by atoms with E-state index in [1.807, 2.05) is 36.5 Å². The Morgan fingerprint density at radius 1 is 1.17 bits per heavy atom. The van der Waals surface area contributed by atoms with Crippen molar-refractivity contribution in [2.24, 2.45) is 5.92 Å². The molecule has 0 unspecified atom stereocenters. The Morgan fingerprint density at radius 3 is 2.43 bits per heavy atom. The van der Waals surface area contributed by atoms with E-state index in [4.69, 9.17) is 5.11 Å². The molecule has 1 amide bonds. The van der Waals surface area contributed by atoms with Crippen molar-refractivity contribution in [3.8, 4) is 5.69 Å². The van der Waals surface area contributed by atoms with Crippen molar-refractivity contribution in [2.75, 3.05) is 13.1 Å². The molecule has 0 spiro atoms. The van der Waals surface area contributed by atoms with Crippen molar-refractivity contribution in [3.63, 3.8) is 0 Å². The van der Waals surface area contributed by atoms with Gasteiger partial charge in [-0.1, -0.05) is 12.1 Å². The van der Waals surface area contributed by atoms with Gasteiger partial charge in [0.05, 0.1) is 18.0 Å². The Bertz CT molecular complexity index is 672. The quantitative estimate of drug-likeness (QED) is 0.933. The zero-order valence-corrected chi connectivity index (χ0v) is 12.8. The average molecular weight is 313 g/mol. The monoisotopic (exact) mass is 313 g/mol. The Kier molecular flexibility index (Phi) is 4.41. The molecule has 2 heterocycles. The molecule has 2 aromatic rings. The molecule has 23 heavy (non-hydrogen) atoms. The van der Waals surface area contributed by atoms with Crippen molar-refractivity contribution < 1.29 is 14.7 Å². The second-order valence-corrected chi connectivity index (χ2v) is 5.79. The van der Waals surface area contributed by atoms with Crippen molar-refractivity contribution in [1.82, 2.24) is 14.7 Å². The molecule has 0 bridgehead atoms. The Balaban J connectivity index is 1.57. The van der Waals surface area contributed by atoms with E-state index in [1.54, 1.807) is 15.8 Å². The molecule has 3 rings (SSSR count). The summed E-state index contributed by atoms with van der Waals surface area (Å²) >= 11 is 0. The normalized spacial score (nSPS) is 15.6. The lowest BCUT2D eigenvalue weighted by atomic mass is 9.96. The van der Waals surface area contributed by atoms with E-state index in [-0.39, 0.29) is 11.8 Å². The van der Waals surface area contributed by atoms with Gasteiger partial charge in [0.1, 0.15) is 0 Å². The van der Waals surface area contributed by atoms with Crippen LogP contribution in [0, 0.1) is 5.92 Å². The van der Waals surface area contributed by atoms with Crippen molar-refractivity contribution in [1.29, 1.82) is 0 Å². The molecule has 0 saturated carbocycles. The highest BCUT2D eigenvalue weighted by atomic mass is 16.4. The van der Waals surface area contributed by atoms with Gasteiger partial charge in [-0.05, 0) is 36.6 Å². The van der Waals surface area contributed by atoms with E-state index in [2.05, 4.69) is 5.10 Å². The maximum absolute atomic E-state index is 12.3. The van der Waals surface area contributed by atoms with Crippen LogP contribution in [0.15, 0.2) is 42.7 Å². The molecule has 0 aliphatic carbocycles. The lowest BCUT2D eigenvalue weighted by Gasteiger charge is -2.30. The smallest absolute Gasteiger partial charge is 0.306 e. The summed E-state index contributed by atoms with van der Waals surface area (Å²) in [4.78, 5) is 25.0. The van der Waals surface area contributed by atoms with E-state index in [0.717, 1.165) is 11.3 Å². The summed E-state index contributed by atoms with van der Waals surface area (Å²) in [7, 11) is 0. The van der Waals surface area contributed by atoms with E-state index < -0.39 is 5.97 Å². The fourth-order valence-electron chi connectivity index (χ4n) is 2.85. The lowest BCUT2D eigenvalue weighted by molar-refractivity contribution is -0.145. The molecule has 6 nitrogen and oxygen atoms in total. The summed E-state index contributed by atoms with van der Waals surface area (Å²) in [6.07, 6.45) is 5.01. The van der Waals surface area contributed by atoms with Crippen LogP contribution in [0.3, 0.4) is 0 Å². The third-order valence-corrected chi connectivity index (χ3v) is 4.26. The topological polar surface area (TPSA) is 75.4 Å². The highest BCUT2D eigenvalue weighted by Crippen LogP contribution is 2.18. The number of aliphatic carboxylic acids is 1. The number of nitrogens with zero attached hydrogens (tertiary/aromatic N) is 3. The Hall–Kier alpha value is -2.63. The summed E-state index contributed by atoms with van der Waals surface area (Å²) < 4.78 is 1.77. The summed E-state index contributed by atoms with van der Waals surface area (Å²) in [5.74, 6) is -1.01. The first kappa shape index (κ1) is 15.3. The number of carbonyl (C=O) groups excluding carboxylic acids is 1. The van der Waals surface area contributed by atoms with Gasteiger partial charge >= 0.3 is 5.97 Å².